The molecular formula is C49H71N11O7. The van der Waals surface area contributed by atoms with Crippen LogP contribution in [-0.2, 0) is 22.5 Å². The second-order valence-electron chi connectivity index (χ2n) is 18.7. The minimum absolute atomic E-state index is 0.0482. The van der Waals surface area contributed by atoms with Crippen molar-refractivity contribution in [3.8, 4) is 5.75 Å². The third-order valence-electron chi connectivity index (χ3n) is 14.3. The number of fused-ring (bicyclic) bond motifs is 1. The maximum absolute atomic E-state index is 13.2. The summed E-state index contributed by atoms with van der Waals surface area (Å²) < 4.78 is 11.4. The van der Waals surface area contributed by atoms with Gasteiger partial charge in [0.15, 0.2) is 17.3 Å². The molecule has 8 N–H and O–H groups in total. The lowest BCUT2D eigenvalue weighted by Gasteiger charge is -2.43. The average Bonchev–Trinajstić information content (AvgIpc) is 3.67. The molecule has 4 fully saturated rings. The molecule has 3 amide bonds. The summed E-state index contributed by atoms with van der Waals surface area (Å²) in [6.07, 6.45) is 9.36. The Kier molecular flexibility index (Phi) is 16.4. The summed E-state index contributed by atoms with van der Waals surface area (Å²) in [5.74, 6) is 0.869. The van der Waals surface area contributed by atoms with Gasteiger partial charge in [0.05, 0.1) is 24.5 Å². The van der Waals surface area contributed by atoms with Crippen LogP contribution in [0.5, 0.6) is 5.75 Å². The molecule has 3 unspecified atom stereocenters. The SMILES string of the molecule is CCc1nc(C(N)=O)c(Nc2ccc(N3CCC(N4CCN(CCCCCCCC(=O)Nc5cccc6c5CN(C5CCC(O)NC5O)C6=O)CC4)CC3)c(OC)c2)nc1NC1CCOCC1. The number of anilines is 5. The van der Waals surface area contributed by atoms with E-state index >= 15 is 0 Å². The fourth-order valence-corrected chi connectivity index (χ4v) is 10.4. The van der Waals surface area contributed by atoms with Crippen molar-refractivity contribution in [3.63, 3.8) is 0 Å². The molecule has 0 saturated carbocycles. The van der Waals surface area contributed by atoms with Crippen LogP contribution in [0, 0.1) is 0 Å². The van der Waals surface area contributed by atoms with E-state index in [0.29, 0.717) is 80.1 Å². The molecule has 5 aliphatic heterocycles. The van der Waals surface area contributed by atoms with E-state index in [1.165, 1.54) is 0 Å². The van der Waals surface area contributed by atoms with Gasteiger partial charge in [-0.1, -0.05) is 32.3 Å². The van der Waals surface area contributed by atoms with Crippen molar-refractivity contribution in [2.45, 2.75) is 128 Å². The van der Waals surface area contributed by atoms with Crippen LogP contribution in [0.25, 0.3) is 0 Å². The van der Waals surface area contributed by atoms with Crippen molar-refractivity contribution in [2.75, 3.05) is 87.0 Å². The number of piperidine rings is 2. The maximum atomic E-state index is 13.2. The lowest BCUT2D eigenvalue weighted by atomic mass is 10.0. The standard InChI is InChI=1S/C49H71N11O7/c1-3-37-46(51-32-19-28-67-29-20-32)56-47(44(54-37)45(50)63)52-33-13-14-39(41(30-33)66-2)59-22-17-34(18-23-59)58-26-24-57(25-27-58)21-8-6-4-5-7-12-42(61)53-38-11-9-10-35-36(38)31-60(49(35)65)40-15-16-43(62)55-48(40)64/h9-11,13-14,30,32,34,40,43,48,55,62,64H,3-8,12,15-29,31H2,1-2H3,(H2,50,63)(H,53,61)(H2,51,52,56). The van der Waals surface area contributed by atoms with E-state index in [9.17, 15) is 24.6 Å². The normalized spacial score (nSPS) is 22.1. The molecule has 0 bridgehead atoms. The van der Waals surface area contributed by atoms with Crippen LogP contribution < -0.4 is 36.6 Å². The number of carbonyl (C=O) groups is 3. The van der Waals surface area contributed by atoms with E-state index < -0.39 is 24.4 Å². The first-order valence-corrected chi connectivity index (χ1v) is 24.6. The largest absolute Gasteiger partial charge is 0.495 e. The van der Waals surface area contributed by atoms with Crippen molar-refractivity contribution >= 4 is 46.4 Å². The summed E-state index contributed by atoms with van der Waals surface area (Å²) in [4.78, 5) is 57.4. The number of piperazine rings is 1. The number of aromatic nitrogens is 2. The highest BCUT2D eigenvalue weighted by Gasteiger charge is 2.40. The van der Waals surface area contributed by atoms with Crippen LogP contribution >= 0.6 is 0 Å². The van der Waals surface area contributed by atoms with Gasteiger partial charge in [-0.05, 0) is 88.6 Å². The van der Waals surface area contributed by atoms with Gasteiger partial charge in [0.1, 0.15) is 18.2 Å². The van der Waals surface area contributed by atoms with E-state index in [4.69, 9.17) is 20.2 Å². The Bertz CT molecular complexity index is 2170. The highest BCUT2D eigenvalue weighted by Crippen LogP contribution is 2.36. The topological polar surface area (TPSA) is 223 Å². The third-order valence-corrected chi connectivity index (χ3v) is 14.3. The zero-order valence-corrected chi connectivity index (χ0v) is 39.3. The minimum Gasteiger partial charge on any atom is -0.495 e. The number of nitrogens with one attached hydrogen (secondary N) is 4. The number of aliphatic hydroxyl groups excluding tert-OH is 2. The maximum Gasteiger partial charge on any atom is 0.271 e. The molecule has 1 aromatic heterocycles. The molecule has 18 nitrogen and oxygen atoms in total. The fourth-order valence-electron chi connectivity index (χ4n) is 10.4. The molecule has 3 aromatic rings. The monoisotopic (exact) mass is 926 g/mol. The van der Waals surface area contributed by atoms with E-state index in [1.807, 2.05) is 25.1 Å². The van der Waals surface area contributed by atoms with Crippen molar-refractivity contribution in [2.24, 2.45) is 5.73 Å². The van der Waals surface area contributed by atoms with Gasteiger partial charge in [-0.25, -0.2) is 9.97 Å². The van der Waals surface area contributed by atoms with Gasteiger partial charge in [-0.3, -0.25) is 24.6 Å². The minimum atomic E-state index is -1.00. The molecule has 4 saturated heterocycles. The molecular weight excluding hydrogens is 855 g/mol. The number of primary amides is 1. The predicted molar refractivity (Wildman–Crippen MR) is 258 cm³/mol. The molecule has 67 heavy (non-hydrogen) atoms. The number of carbonyl (C=O) groups excluding carboxylic acids is 3. The Hall–Kier alpha value is -5.11. The molecule has 0 spiro atoms. The Labute approximate surface area is 394 Å². The predicted octanol–water partition coefficient (Wildman–Crippen LogP) is 4.39. The zero-order valence-electron chi connectivity index (χ0n) is 39.3. The summed E-state index contributed by atoms with van der Waals surface area (Å²) in [6, 6.07) is 11.7. The van der Waals surface area contributed by atoms with E-state index in [0.717, 1.165) is 126 Å². The van der Waals surface area contributed by atoms with Crippen molar-refractivity contribution in [1.29, 1.82) is 0 Å². The van der Waals surface area contributed by atoms with Crippen LogP contribution in [0.2, 0.25) is 0 Å². The van der Waals surface area contributed by atoms with Crippen LogP contribution in [0.4, 0.5) is 28.7 Å². The molecule has 0 radical (unpaired) electrons. The third kappa shape index (κ3) is 12.0. The first-order chi connectivity index (χ1) is 32.6. The summed E-state index contributed by atoms with van der Waals surface area (Å²) >= 11 is 0. The Morgan fingerprint density at radius 3 is 2.40 bits per heavy atom. The first-order valence-electron chi connectivity index (χ1n) is 24.6. The molecule has 0 aliphatic carbocycles. The molecule has 5 aliphatic rings. The number of ether oxygens (including phenoxy) is 2. The molecule has 8 rings (SSSR count). The number of benzene rings is 2. The highest BCUT2D eigenvalue weighted by atomic mass is 16.5. The molecule has 2 aromatic carbocycles. The summed E-state index contributed by atoms with van der Waals surface area (Å²) in [5, 5.41) is 32.9. The van der Waals surface area contributed by atoms with Crippen LogP contribution in [0.15, 0.2) is 36.4 Å². The summed E-state index contributed by atoms with van der Waals surface area (Å²) in [6.45, 7) is 11.1. The number of aliphatic hydroxyl groups is 2. The number of nitrogens with zero attached hydrogens (tertiary/aromatic N) is 6. The summed E-state index contributed by atoms with van der Waals surface area (Å²) in [5.41, 5.74) is 10.4. The van der Waals surface area contributed by atoms with E-state index in [2.05, 4.69) is 47.0 Å². The fraction of sp³-hybridized carbons (Fsp3) is 0.612. The van der Waals surface area contributed by atoms with Gasteiger partial charge in [0.2, 0.25) is 5.91 Å². The van der Waals surface area contributed by atoms with Gasteiger partial charge in [-0.2, -0.15) is 0 Å². The van der Waals surface area contributed by atoms with Crippen molar-refractivity contribution in [1.82, 2.24) is 30.0 Å². The Balaban J connectivity index is 0.721. The van der Waals surface area contributed by atoms with Crippen LogP contribution in [0.3, 0.4) is 0 Å². The lowest BCUT2D eigenvalue weighted by molar-refractivity contribution is -0.116. The zero-order chi connectivity index (χ0) is 46.9. The number of amides is 3. The van der Waals surface area contributed by atoms with Gasteiger partial charge in [-0.15, -0.1) is 0 Å². The first kappa shape index (κ1) is 48.4. The molecule has 364 valence electrons. The molecule has 3 atom stereocenters. The van der Waals surface area contributed by atoms with Crippen LogP contribution in [0.1, 0.15) is 116 Å². The van der Waals surface area contributed by atoms with Gasteiger partial charge >= 0.3 is 0 Å². The second kappa shape index (κ2) is 22.8. The lowest BCUT2D eigenvalue weighted by Crippen LogP contribution is -2.56. The Morgan fingerprint density at radius 2 is 1.67 bits per heavy atom. The molecule has 6 heterocycles. The number of rotatable bonds is 19. The number of unbranched alkanes of at least 4 members (excludes halogenated alkanes) is 4. The smallest absolute Gasteiger partial charge is 0.271 e. The Morgan fingerprint density at radius 1 is 0.910 bits per heavy atom. The van der Waals surface area contributed by atoms with E-state index in [1.54, 1.807) is 24.1 Å². The molecule has 18 heteroatoms. The van der Waals surface area contributed by atoms with Gasteiger partial charge < -0.3 is 56.1 Å². The number of hydrogen-bond donors (Lipinski definition) is 7. The van der Waals surface area contributed by atoms with Gasteiger partial charge in [0, 0.05) is 106 Å². The number of nitrogens with two attached hydrogens (primary N) is 1. The second-order valence-corrected chi connectivity index (χ2v) is 18.7. The van der Waals surface area contributed by atoms with Gasteiger partial charge in [0.25, 0.3) is 11.8 Å². The average molecular weight is 926 g/mol. The quantitative estimate of drug-likeness (QED) is 0.0829. The van der Waals surface area contributed by atoms with Crippen molar-refractivity contribution in [3.05, 3.63) is 58.9 Å². The van der Waals surface area contributed by atoms with Crippen molar-refractivity contribution < 1.29 is 34.1 Å². The number of methoxy groups -OCH3 is 1. The van der Waals surface area contributed by atoms with E-state index in [-0.39, 0.29) is 23.6 Å². The number of hydrogen-bond acceptors (Lipinski definition) is 15. The number of aryl methyl sites for hydroxylation is 1. The summed E-state index contributed by atoms with van der Waals surface area (Å²) in [7, 11) is 1.69. The van der Waals surface area contributed by atoms with Crippen LogP contribution in [-0.4, -0.2) is 149 Å². The highest BCUT2D eigenvalue weighted by molar-refractivity contribution is 6.02.